The van der Waals surface area contributed by atoms with Crippen LogP contribution in [-0.2, 0) is 0 Å². The summed E-state index contributed by atoms with van der Waals surface area (Å²) in [7, 11) is 0. The Bertz CT molecular complexity index is 471. The predicted molar refractivity (Wildman–Crippen MR) is 85.7 cm³/mol. The highest BCUT2D eigenvalue weighted by molar-refractivity contribution is 5.34. The van der Waals surface area contributed by atoms with Gasteiger partial charge >= 0.3 is 0 Å². The molecule has 0 N–H and O–H groups in total. The zero-order valence-electron chi connectivity index (χ0n) is 12.3. The molecule has 0 bridgehead atoms. The van der Waals surface area contributed by atoms with Crippen LogP contribution in [0.2, 0.25) is 0 Å². The molecule has 0 fully saturated rings. The molecule has 0 aliphatic heterocycles. The Hall–Kier alpha value is -1.74. The average Bonchev–Trinajstić information content (AvgIpc) is 2.35. The third-order valence-electron chi connectivity index (χ3n) is 3.55. The molecule has 0 aromatic rings. The van der Waals surface area contributed by atoms with Gasteiger partial charge in [-0.25, -0.2) is 0 Å². The Balaban J connectivity index is 2.62. The minimum Gasteiger partial charge on any atom is -0.115 e. The zero-order chi connectivity index (χ0) is 14.1. The van der Waals surface area contributed by atoms with E-state index >= 15 is 0 Å². The summed E-state index contributed by atoms with van der Waals surface area (Å²) in [5, 5.41) is 0. The molecule has 0 spiro atoms. The van der Waals surface area contributed by atoms with Gasteiger partial charge in [-0.15, -0.1) is 6.42 Å². The molecule has 1 aliphatic rings. The van der Waals surface area contributed by atoms with Gasteiger partial charge in [-0.1, -0.05) is 67.9 Å². The molecule has 0 heterocycles. The monoisotopic (exact) mass is 252 g/mol. The summed E-state index contributed by atoms with van der Waals surface area (Å²) >= 11 is 0. The van der Waals surface area contributed by atoms with E-state index in [-0.39, 0.29) is 0 Å². The summed E-state index contributed by atoms with van der Waals surface area (Å²) in [4.78, 5) is 0. The Morgan fingerprint density at radius 2 is 1.68 bits per heavy atom. The van der Waals surface area contributed by atoms with Crippen LogP contribution in [0.3, 0.4) is 0 Å². The number of terminal acetylenes is 1. The van der Waals surface area contributed by atoms with Crippen molar-refractivity contribution in [3.8, 4) is 12.3 Å². The van der Waals surface area contributed by atoms with Crippen molar-refractivity contribution in [2.75, 3.05) is 0 Å². The van der Waals surface area contributed by atoms with Crippen LogP contribution in [0.5, 0.6) is 0 Å². The van der Waals surface area contributed by atoms with Gasteiger partial charge in [0.15, 0.2) is 0 Å². The van der Waals surface area contributed by atoms with Crippen LogP contribution >= 0.6 is 0 Å². The van der Waals surface area contributed by atoms with Crippen molar-refractivity contribution < 1.29 is 0 Å². The highest BCUT2D eigenvalue weighted by Crippen LogP contribution is 2.40. The quantitative estimate of drug-likeness (QED) is 0.466. The zero-order valence-corrected chi connectivity index (χ0v) is 12.3. The first-order chi connectivity index (χ1) is 9.08. The first-order valence-corrected chi connectivity index (χ1v) is 6.91. The van der Waals surface area contributed by atoms with E-state index in [1.807, 2.05) is 24.3 Å². The molecular formula is C19H24. The van der Waals surface area contributed by atoms with E-state index in [2.05, 4.69) is 44.9 Å². The average molecular weight is 252 g/mol. The van der Waals surface area contributed by atoms with Crippen LogP contribution in [0.4, 0.5) is 0 Å². The first-order valence-electron chi connectivity index (χ1n) is 6.91. The molecule has 0 heteroatoms. The van der Waals surface area contributed by atoms with Gasteiger partial charge in [-0.05, 0) is 43.3 Å². The van der Waals surface area contributed by atoms with E-state index in [1.54, 1.807) is 6.08 Å². The van der Waals surface area contributed by atoms with E-state index in [9.17, 15) is 0 Å². The normalized spacial score (nSPS) is 20.1. The van der Waals surface area contributed by atoms with Crippen LogP contribution in [0, 0.1) is 17.8 Å². The summed E-state index contributed by atoms with van der Waals surface area (Å²) in [5.41, 5.74) is 3.35. The highest BCUT2D eigenvalue weighted by Gasteiger charge is 2.26. The molecule has 0 aromatic carbocycles. The van der Waals surface area contributed by atoms with Gasteiger partial charge < -0.3 is 0 Å². The van der Waals surface area contributed by atoms with E-state index in [0.717, 1.165) is 0 Å². The lowest BCUT2D eigenvalue weighted by Crippen LogP contribution is -2.18. The minimum absolute atomic E-state index is 0.318. The van der Waals surface area contributed by atoms with Crippen molar-refractivity contribution in [3.63, 3.8) is 0 Å². The molecular weight excluding hydrogens is 228 g/mol. The highest BCUT2D eigenvalue weighted by atomic mass is 14.3. The number of allylic oxidation sites excluding steroid dienone is 10. The van der Waals surface area contributed by atoms with Crippen LogP contribution in [0.15, 0.2) is 59.8 Å². The van der Waals surface area contributed by atoms with Crippen molar-refractivity contribution >= 4 is 0 Å². The van der Waals surface area contributed by atoms with E-state index in [0.29, 0.717) is 5.41 Å². The largest absolute Gasteiger partial charge is 0.115 e. The van der Waals surface area contributed by atoms with E-state index in [4.69, 9.17) is 6.42 Å². The molecule has 0 amide bonds. The molecule has 0 unspecified atom stereocenters. The van der Waals surface area contributed by atoms with Crippen molar-refractivity contribution in [1.82, 2.24) is 0 Å². The molecule has 0 aromatic heterocycles. The maximum absolute atomic E-state index is 5.11. The van der Waals surface area contributed by atoms with Crippen LogP contribution in [0.1, 0.15) is 40.0 Å². The fraction of sp³-hybridized carbons (Fsp3) is 0.368. The summed E-state index contributed by atoms with van der Waals surface area (Å²) < 4.78 is 0. The second-order valence-electron chi connectivity index (χ2n) is 5.59. The minimum atomic E-state index is 0.318. The van der Waals surface area contributed by atoms with Gasteiger partial charge in [0.05, 0.1) is 0 Å². The topological polar surface area (TPSA) is 0 Å². The Kier molecular flexibility index (Phi) is 6.16. The Morgan fingerprint density at radius 3 is 2.32 bits per heavy atom. The van der Waals surface area contributed by atoms with Gasteiger partial charge in [0.2, 0.25) is 0 Å². The number of hydrogen-bond acceptors (Lipinski definition) is 0. The standard InChI is InChI=1S/C19H24/c1-5-6-7-8-9-10-11-12-15-18-17(2)14-13-16-19(18,3)4/h1,6-12,15H,13-14,16H2,2-4H3/b7-6+,9-8+,11-10+,15-12+. The van der Waals surface area contributed by atoms with E-state index in [1.165, 1.54) is 30.4 Å². The van der Waals surface area contributed by atoms with Gasteiger partial charge in [-0.2, -0.15) is 0 Å². The van der Waals surface area contributed by atoms with Gasteiger partial charge in [0.25, 0.3) is 0 Å². The molecule has 1 aliphatic carbocycles. The third kappa shape index (κ3) is 5.18. The van der Waals surface area contributed by atoms with Gasteiger partial charge in [0.1, 0.15) is 0 Å². The number of rotatable bonds is 4. The van der Waals surface area contributed by atoms with Gasteiger partial charge in [0, 0.05) is 0 Å². The molecule has 0 atom stereocenters. The van der Waals surface area contributed by atoms with Crippen LogP contribution < -0.4 is 0 Å². The molecule has 100 valence electrons. The maximum atomic E-state index is 5.11. The van der Waals surface area contributed by atoms with Crippen molar-refractivity contribution in [2.24, 2.45) is 5.41 Å². The van der Waals surface area contributed by atoms with Crippen LogP contribution in [-0.4, -0.2) is 0 Å². The lowest BCUT2D eigenvalue weighted by molar-refractivity contribution is 0.377. The maximum Gasteiger partial charge on any atom is -0.0104 e. The van der Waals surface area contributed by atoms with Crippen molar-refractivity contribution in [2.45, 2.75) is 40.0 Å². The fourth-order valence-electron chi connectivity index (χ4n) is 2.53. The smallest absolute Gasteiger partial charge is 0.0104 e. The second kappa shape index (κ2) is 7.64. The summed E-state index contributed by atoms with van der Waals surface area (Å²) in [6, 6.07) is 0. The Labute approximate surface area is 118 Å². The van der Waals surface area contributed by atoms with E-state index < -0.39 is 0 Å². The summed E-state index contributed by atoms with van der Waals surface area (Å²) in [6.07, 6.45) is 24.8. The lowest BCUT2D eigenvalue weighted by atomic mass is 9.73. The molecule has 1 rings (SSSR count). The van der Waals surface area contributed by atoms with Crippen molar-refractivity contribution in [3.05, 3.63) is 59.8 Å². The molecule has 0 nitrogen and oxygen atoms in total. The molecule has 0 saturated heterocycles. The predicted octanol–water partition coefficient (Wildman–Crippen LogP) is 5.37. The van der Waals surface area contributed by atoms with Gasteiger partial charge in [-0.3, -0.25) is 0 Å². The first kappa shape index (κ1) is 15.3. The van der Waals surface area contributed by atoms with Crippen LogP contribution in [0.25, 0.3) is 0 Å². The molecule has 0 radical (unpaired) electrons. The molecule has 0 saturated carbocycles. The SMILES string of the molecule is C#C/C=C/C=C/C=C/C=C/C1=C(C)CCCC1(C)C. The summed E-state index contributed by atoms with van der Waals surface area (Å²) in [6.45, 7) is 6.93. The summed E-state index contributed by atoms with van der Waals surface area (Å²) in [5.74, 6) is 2.45. The number of hydrogen-bond donors (Lipinski definition) is 0. The third-order valence-corrected chi connectivity index (χ3v) is 3.55. The fourth-order valence-corrected chi connectivity index (χ4v) is 2.53. The lowest BCUT2D eigenvalue weighted by Gasteiger charge is -2.32. The molecule has 19 heavy (non-hydrogen) atoms. The van der Waals surface area contributed by atoms with Crippen molar-refractivity contribution in [1.29, 1.82) is 0 Å². The second-order valence-corrected chi connectivity index (χ2v) is 5.59. The Morgan fingerprint density at radius 1 is 1.05 bits per heavy atom.